The first-order valence-electron chi connectivity index (χ1n) is 7.00. The van der Waals surface area contributed by atoms with Gasteiger partial charge in [-0.15, -0.1) is 0 Å². The van der Waals surface area contributed by atoms with Gasteiger partial charge in [0.05, 0.1) is 0 Å². The Morgan fingerprint density at radius 2 is 2.00 bits per heavy atom. The van der Waals surface area contributed by atoms with Crippen LogP contribution in [0.2, 0.25) is 5.02 Å². The molecule has 0 unspecified atom stereocenters. The van der Waals surface area contributed by atoms with E-state index in [9.17, 15) is 0 Å². The predicted octanol–water partition coefficient (Wildman–Crippen LogP) is 4.20. The number of halogens is 1. The molecular weight excluding hydrogens is 284 g/mol. The number of nitrogens with one attached hydrogen (secondary N) is 1. The van der Waals surface area contributed by atoms with Crippen molar-refractivity contribution in [2.75, 3.05) is 0 Å². The number of nitrogens with zero attached hydrogens (tertiary/aromatic N) is 1. The van der Waals surface area contributed by atoms with Gasteiger partial charge in [-0.2, -0.15) is 0 Å². The van der Waals surface area contributed by atoms with E-state index >= 15 is 0 Å². The van der Waals surface area contributed by atoms with Crippen molar-refractivity contribution in [1.29, 1.82) is 0 Å². The van der Waals surface area contributed by atoms with Crippen LogP contribution in [0.15, 0.2) is 42.7 Å². The van der Waals surface area contributed by atoms with Crippen molar-refractivity contribution < 1.29 is 4.74 Å². The van der Waals surface area contributed by atoms with Gasteiger partial charge in [0.15, 0.2) is 0 Å². The van der Waals surface area contributed by atoms with Crippen LogP contribution in [-0.4, -0.2) is 10.5 Å². The molecular formula is C17H21ClN2O. The van der Waals surface area contributed by atoms with Gasteiger partial charge < -0.3 is 10.1 Å². The minimum Gasteiger partial charge on any atom is -0.488 e. The summed E-state index contributed by atoms with van der Waals surface area (Å²) in [6, 6.07) is 9.63. The van der Waals surface area contributed by atoms with Gasteiger partial charge in [0.2, 0.25) is 0 Å². The Bertz CT molecular complexity index is 579. The summed E-state index contributed by atoms with van der Waals surface area (Å²) in [5, 5.41) is 4.16. The van der Waals surface area contributed by atoms with E-state index in [2.05, 4.69) is 31.1 Å². The first-order chi connectivity index (χ1) is 9.96. The Morgan fingerprint density at radius 1 is 1.19 bits per heavy atom. The fourth-order valence-corrected chi connectivity index (χ4v) is 2.08. The van der Waals surface area contributed by atoms with Crippen molar-refractivity contribution in [3.8, 4) is 5.75 Å². The number of pyridine rings is 1. The minimum atomic E-state index is 0.0276. The van der Waals surface area contributed by atoms with E-state index in [1.807, 2.05) is 30.3 Å². The molecule has 0 amide bonds. The maximum absolute atomic E-state index is 6.31. The Kier molecular flexibility index (Phi) is 5.21. The molecule has 1 aromatic heterocycles. The molecule has 112 valence electrons. The van der Waals surface area contributed by atoms with Gasteiger partial charge in [0.25, 0.3) is 0 Å². The van der Waals surface area contributed by atoms with Crippen LogP contribution in [0.4, 0.5) is 0 Å². The van der Waals surface area contributed by atoms with Crippen molar-refractivity contribution in [2.24, 2.45) is 0 Å². The van der Waals surface area contributed by atoms with E-state index in [4.69, 9.17) is 16.3 Å². The normalized spacial score (nSPS) is 11.4. The van der Waals surface area contributed by atoms with E-state index < -0.39 is 0 Å². The average molecular weight is 305 g/mol. The Hall–Kier alpha value is -1.58. The summed E-state index contributed by atoms with van der Waals surface area (Å²) in [7, 11) is 0. The molecule has 0 bridgehead atoms. The molecule has 2 aromatic rings. The lowest BCUT2D eigenvalue weighted by Gasteiger charge is -2.22. The van der Waals surface area contributed by atoms with Crippen molar-refractivity contribution >= 4 is 11.6 Å². The van der Waals surface area contributed by atoms with Crippen LogP contribution in [-0.2, 0) is 13.2 Å². The van der Waals surface area contributed by atoms with Crippen LogP contribution in [0.25, 0.3) is 0 Å². The lowest BCUT2D eigenvalue weighted by molar-refractivity contribution is 0.299. The smallest absolute Gasteiger partial charge is 0.125 e. The van der Waals surface area contributed by atoms with Gasteiger partial charge in [-0.3, -0.25) is 4.98 Å². The molecule has 0 aliphatic heterocycles. The third-order valence-electron chi connectivity index (χ3n) is 2.99. The second-order valence-corrected chi connectivity index (χ2v) is 6.38. The van der Waals surface area contributed by atoms with Gasteiger partial charge >= 0.3 is 0 Å². The highest BCUT2D eigenvalue weighted by Crippen LogP contribution is 2.27. The summed E-state index contributed by atoms with van der Waals surface area (Å²) in [6.07, 6.45) is 3.55. The lowest BCUT2D eigenvalue weighted by atomic mass is 10.1. The van der Waals surface area contributed by atoms with Crippen molar-refractivity contribution in [1.82, 2.24) is 10.3 Å². The molecule has 1 heterocycles. The van der Waals surface area contributed by atoms with Gasteiger partial charge in [-0.1, -0.05) is 23.7 Å². The molecule has 0 saturated carbocycles. The quantitative estimate of drug-likeness (QED) is 0.899. The van der Waals surface area contributed by atoms with Crippen LogP contribution < -0.4 is 10.1 Å². The number of rotatable bonds is 5. The molecule has 0 aliphatic rings. The Morgan fingerprint density at radius 3 is 2.67 bits per heavy atom. The highest BCUT2D eigenvalue weighted by molar-refractivity contribution is 6.31. The second-order valence-electron chi connectivity index (χ2n) is 5.97. The molecule has 1 aromatic carbocycles. The monoisotopic (exact) mass is 304 g/mol. The summed E-state index contributed by atoms with van der Waals surface area (Å²) >= 11 is 6.31. The number of benzene rings is 1. The van der Waals surface area contributed by atoms with E-state index in [1.165, 1.54) is 0 Å². The number of hydrogen-bond acceptors (Lipinski definition) is 3. The van der Waals surface area contributed by atoms with Crippen LogP contribution in [0, 0.1) is 0 Å². The predicted molar refractivity (Wildman–Crippen MR) is 86.6 cm³/mol. The molecule has 0 radical (unpaired) electrons. The zero-order valence-corrected chi connectivity index (χ0v) is 13.4. The van der Waals surface area contributed by atoms with E-state index in [0.29, 0.717) is 13.2 Å². The van der Waals surface area contributed by atoms with Crippen molar-refractivity contribution in [3.05, 3.63) is 58.9 Å². The first-order valence-corrected chi connectivity index (χ1v) is 7.37. The van der Waals surface area contributed by atoms with Gasteiger partial charge in [0.1, 0.15) is 12.4 Å². The number of aromatic nitrogens is 1. The maximum Gasteiger partial charge on any atom is 0.125 e. The van der Waals surface area contributed by atoms with Crippen molar-refractivity contribution in [3.63, 3.8) is 0 Å². The third kappa shape index (κ3) is 5.03. The largest absolute Gasteiger partial charge is 0.488 e. The Balaban J connectivity index is 2.10. The molecule has 0 fully saturated rings. The standard InChI is InChI=1S/C17H21ClN2O/c1-17(2,3)20-11-14-15(18)7-4-8-16(14)21-12-13-6-5-9-19-10-13/h4-10,20H,11-12H2,1-3H3. The third-order valence-corrected chi connectivity index (χ3v) is 3.34. The lowest BCUT2D eigenvalue weighted by Crippen LogP contribution is -2.35. The summed E-state index contributed by atoms with van der Waals surface area (Å²) in [4.78, 5) is 4.09. The number of ether oxygens (including phenoxy) is 1. The zero-order valence-electron chi connectivity index (χ0n) is 12.7. The summed E-state index contributed by atoms with van der Waals surface area (Å²) in [6.45, 7) is 7.53. The molecule has 0 aliphatic carbocycles. The second kappa shape index (κ2) is 6.92. The fraction of sp³-hybridized carbons (Fsp3) is 0.353. The summed E-state index contributed by atoms with van der Waals surface area (Å²) < 4.78 is 5.90. The van der Waals surface area contributed by atoms with Crippen LogP contribution in [0.1, 0.15) is 31.9 Å². The molecule has 3 nitrogen and oxygen atoms in total. The van der Waals surface area contributed by atoms with E-state index in [-0.39, 0.29) is 5.54 Å². The average Bonchev–Trinajstić information content (AvgIpc) is 2.44. The summed E-state index contributed by atoms with van der Waals surface area (Å²) in [5.74, 6) is 0.808. The molecule has 2 rings (SSSR count). The van der Waals surface area contributed by atoms with E-state index in [0.717, 1.165) is 21.9 Å². The van der Waals surface area contributed by atoms with Gasteiger partial charge in [-0.25, -0.2) is 0 Å². The van der Waals surface area contributed by atoms with Crippen molar-refractivity contribution in [2.45, 2.75) is 39.5 Å². The number of hydrogen-bond donors (Lipinski definition) is 1. The van der Waals surface area contributed by atoms with Crippen LogP contribution in [0.3, 0.4) is 0 Å². The van der Waals surface area contributed by atoms with Crippen LogP contribution in [0.5, 0.6) is 5.75 Å². The molecule has 4 heteroatoms. The maximum atomic E-state index is 6.31. The highest BCUT2D eigenvalue weighted by atomic mass is 35.5. The minimum absolute atomic E-state index is 0.0276. The van der Waals surface area contributed by atoms with Gasteiger partial charge in [0, 0.05) is 40.6 Å². The highest BCUT2D eigenvalue weighted by Gasteiger charge is 2.13. The fourth-order valence-electron chi connectivity index (χ4n) is 1.84. The Labute approximate surface area is 131 Å². The molecule has 0 atom stereocenters. The molecule has 1 N–H and O–H groups in total. The zero-order chi connectivity index (χ0) is 15.3. The van der Waals surface area contributed by atoms with Crippen LogP contribution >= 0.6 is 11.6 Å². The molecule has 0 saturated heterocycles. The molecule has 0 spiro atoms. The van der Waals surface area contributed by atoms with Gasteiger partial charge in [-0.05, 0) is 39.0 Å². The molecule has 21 heavy (non-hydrogen) atoms. The first kappa shape index (κ1) is 15.8. The topological polar surface area (TPSA) is 34.1 Å². The SMILES string of the molecule is CC(C)(C)NCc1c(Cl)cccc1OCc1cccnc1. The summed E-state index contributed by atoms with van der Waals surface area (Å²) in [5.41, 5.74) is 2.05. The van der Waals surface area contributed by atoms with E-state index in [1.54, 1.807) is 12.4 Å².